The van der Waals surface area contributed by atoms with Crippen molar-refractivity contribution < 1.29 is 12.8 Å². The fraction of sp³-hybridized carbons (Fsp3) is 0.100. The summed E-state index contributed by atoms with van der Waals surface area (Å²) in [5.41, 5.74) is 2.30. The van der Waals surface area contributed by atoms with Crippen LogP contribution in [0.3, 0.4) is 0 Å². The number of fused-ring (bicyclic) bond motifs is 1. The Labute approximate surface area is 118 Å². The molecule has 0 unspecified atom stereocenters. The number of nitrogens with zero attached hydrogens (tertiary/aromatic N) is 2. The third-order valence-corrected chi connectivity index (χ3v) is 4.81. The molecule has 0 saturated carbocycles. The van der Waals surface area contributed by atoms with Crippen molar-refractivity contribution in [3.8, 4) is 0 Å². The molecular weight excluding hydrogens is 302 g/mol. The van der Waals surface area contributed by atoms with Crippen molar-refractivity contribution in [3.05, 3.63) is 35.7 Å². The summed E-state index contributed by atoms with van der Waals surface area (Å²) in [6, 6.07) is 3.37. The van der Waals surface area contributed by atoms with Crippen molar-refractivity contribution in [1.29, 1.82) is 0 Å². The predicted molar refractivity (Wildman–Crippen MR) is 73.6 cm³/mol. The van der Waals surface area contributed by atoms with Gasteiger partial charge in [0.2, 0.25) is 5.03 Å². The number of nitrogen functional groups attached to an aromatic ring is 1. The minimum atomic E-state index is -3.78. The molecule has 0 fully saturated rings. The molecule has 0 bridgehead atoms. The van der Waals surface area contributed by atoms with Crippen LogP contribution in [0.5, 0.6) is 0 Å². The normalized spacial score (nSPS) is 12.1. The number of anilines is 1. The quantitative estimate of drug-likeness (QED) is 0.473. The van der Waals surface area contributed by atoms with E-state index in [4.69, 9.17) is 10.3 Å². The Morgan fingerprint density at radius 3 is 3.05 bits per heavy atom. The van der Waals surface area contributed by atoms with Crippen LogP contribution in [0.4, 0.5) is 5.82 Å². The van der Waals surface area contributed by atoms with E-state index in [2.05, 4.69) is 15.1 Å². The summed E-state index contributed by atoms with van der Waals surface area (Å²) in [6.45, 7) is 0.0523. The number of nitrogens with two attached hydrogens (primary N) is 1. The minimum Gasteiger partial charge on any atom is -0.468 e. The SMILES string of the molecule is NNc1nc2sccn2c1S(=O)(=O)NCc1ccco1. The number of sulfonamides is 1. The highest BCUT2D eigenvalue weighted by atomic mass is 32.2. The Bertz CT molecular complexity index is 818. The number of thiazole rings is 1. The summed E-state index contributed by atoms with van der Waals surface area (Å²) in [7, 11) is -3.78. The lowest BCUT2D eigenvalue weighted by Crippen LogP contribution is -2.25. The van der Waals surface area contributed by atoms with Gasteiger partial charge in [-0.05, 0) is 12.1 Å². The van der Waals surface area contributed by atoms with Crippen LogP contribution in [0, 0.1) is 0 Å². The topological polar surface area (TPSA) is 115 Å². The molecule has 4 N–H and O–H groups in total. The zero-order chi connectivity index (χ0) is 14.2. The van der Waals surface area contributed by atoms with E-state index in [0.717, 1.165) is 0 Å². The Morgan fingerprint density at radius 2 is 2.35 bits per heavy atom. The van der Waals surface area contributed by atoms with Gasteiger partial charge in [0, 0.05) is 11.6 Å². The van der Waals surface area contributed by atoms with E-state index < -0.39 is 10.0 Å². The maximum absolute atomic E-state index is 12.4. The van der Waals surface area contributed by atoms with Crippen LogP contribution in [0.25, 0.3) is 4.96 Å². The summed E-state index contributed by atoms with van der Waals surface area (Å²) >= 11 is 1.32. The maximum Gasteiger partial charge on any atom is 0.260 e. The van der Waals surface area contributed by atoms with Crippen LogP contribution in [0.15, 0.2) is 39.4 Å². The Hall–Kier alpha value is -1.88. The molecule has 0 atom stereocenters. The van der Waals surface area contributed by atoms with Gasteiger partial charge in [0.05, 0.1) is 12.8 Å². The molecule has 0 aliphatic rings. The molecule has 3 rings (SSSR count). The largest absolute Gasteiger partial charge is 0.468 e. The second-order valence-electron chi connectivity index (χ2n) is 3.87. The zero-order valence-corrected chi connectivity index (χ0v) is 11.7. The molecule has 0 radical (unpaired) electrons. The van der Waals surface area contributed by atoms with E-state index in [1.165, 1.54) is 22.0 Å². The van der Waals surface area contributed by atoms with Crippen LogP contribution in [0.2, 0.25) is 0 Å². The maximum atomic E-state index is 12.4. The third kappa shape index (κ3) is 2.18. The molecule has 3 aromatic heterocycles. The fourth-order valence-corrected chi connectivity index (χ4v) is 3.77. The van der Waals surface area contributed by atoms with E-state index in [1.54, 1.807) is 23.7 Å². The van der Waals surface area contributed by atoms with Crippen LogP contribution < -0.4 is 16.0 Å². The van der Waals surface area contributed by atoms with Crippen molar-refractivity contribution in [2.75, 3.05) is 5.43 Å². The van der Waals surface area contributed by atoms with Gasteiger partial charge in [-0.25, -0.2) is 19.0 Å². The number of hydrogen-bond acceptors (Lipinski definition) is 7. The molecule has 0 aliphatic heterocycles. The van der Waals surface area contributed by atoms with Crippen molar-refractivity contribution in [2.45, 2.75) is 11.6 Å². The van der Waals surface area contributed by atoms with E-state index in [0.29, 0.717) is 10.7 Å². The highest BCUT2D eigenvalue weighted by molar-refractivity contribution is 7.89. The van der Waals surface area contributed by atoms with Gasteiger partial charge in [-0.2, -0.15) is 4.98 Å². The van der Waals surface area contributed by atoms with Gasteiger partial charge in [-0.1, -0.05) is 0 Å². The van der Waals surface area contributed by atoms with Gasteiger partial charge in [0.15, 0.2) is 10.8 Å². The van der Waals surface area contributed by atoms with Crippen molar-refractivity contribution >= 4 is 32.1 Å². The van der Waals surface area contributed by atoms with Crippen LogP contribution in [-0.2, 0) is 16.6 Å². The molecular formula is C10H11N5O3S2. The predicted octanol–water partition coefficient (Wildman–Crippen LogP) is 0.753. The highest BCUT2D eigenvalue weighted by Gasteiger charge is 2.25. The fourth-order valence-electron chi connectivity index (χ4n) is 1.76. The number of hydrazine groups is 1. The number of imidazole rings is 1. The van der Waals surface area contributed by atoms with Crippen LogP contribution in [-0.4, -0.2) is 17.8 Å². The first-order valence-corrected chi connectivity index (χ1v) is 7.92. The van der Waals surface area contributed by atoms with E-state index in [9.17, 15) is 8.42 Å². The first kappa shape index (κ1) is 13.1. The molecule has 8 nitrogen and oxygen atoms in total. The summed E-state index contributed by atoms with van der Waals surface area (Å²) in [6.07, 6.45) is 3.10. The van der Waals surface area contributed by atoms with Crippen LogP contribution in [0.1, 0.15) is 5.76 Å². The number of aromatic nitrogens is 2. The number of rotatable bonds is 5. The Kier molecular flexibility index (Phi) is 3.22. The van der Waals surface area contributed by atoms with Gasteiger partial charge in [0.1, 0.15) is 5.76 Å². The summed E-state index contributed by atoms with van der Waals surface area (Å²) < 4.78 is 33.7. The first-order valence-electron chi connectivity index (χ1n) is 5.56. The molecule has 0 spiro atoms. The van der Waals surface area contributed by atoms with Gasteiger partial charge in [-0.3, -0.25) is 4.40 Å². The molecule has 0 aliphatic carbocycles. The highest BCUT2D eigenvalue weighted by Crippen LogP contribution is 2.24. The monoisotopic (exact) mass is 313 g/mol. The smallest absolute Gasteiger partial charge is 0.260 e. The van der Waals surface area contributed by atoms with E-state index >= 15 is 0 Å². The molecule has 10 heteroatoms. The van der Waals surface area contributed by atoms with Crippen molar-refractivity contribution in [3.63, 3.8) is 0 Å². The van der Waals surface area contributed by atoms with E-state index in [1.807, 2.05) is 0 Å². The lowest BCUT2D eigenvalue weighted by Gasteiger charge is -2.06. The lowest BCUT2D eigenvalue weighted by molar-refractivity contribution is 0.498. The standard InChI is InChI=1S/C10H11N5O3S2/c11-14-8-9(15-3-5-19-10(15)13-8)20(16,17)12-6-7-2-1-4-18-7/h1-5,12,14H,6,11H2. The summed E-state index contributed by atoms with van der Waals surface area (Å²) in [5, 5.41) is 1.72. The average Bonchev–Trinajstić information content (AvgIpc) is 3.11. The second-order valence-corrected chi connectivity index (χ2v) is 6.42. The Balaban J connectivity index is 1.97. The molecule has 20 heavy (non-hydrogen) atoms. The van der Waals surface area contributed by atoms with Gasteiger partial charge >= 0.3 is 0 Å². The second kappa shape index (κ2) is 4.90. The third-order valence-electron chi connectivity index (χ3n) is 2.63. The zero-order valence-electron chi connectivity index (χ0n) is 10.1. The van der Waals surface area contributed by atoms with Crippen molar-refractivity contribution in [2.24, 2.45) is 5.84 Å². The van der Waals surface area contributed by atoms with Gasteiger partial charge in [0.25, 0.3) is 10.0 Å². The molecule has 0 amide bonds. The molecule has 0 saturated heterocycles. The summed E-state index contributed by atoms with van der Waals surface area (Å²) in [4.78, 5) is 4.64. The minimum absolute atomic E-state index is 0.0252. The first-order chi connectivity index (χ1) is 9.62. The molecule has 3 aromatic rings. The lowest BCUT2D eigenvalue weighted by atomic mass is 10.5. The molecule has 3 heterocycles. The molecule has 0 aromatic carbocycles. The van der Waals surface area contributed by atoms with Gasteiger partial charge < -0.3 is 9.84 Å². The van der Waals surface area contributed by atoms with Crippen molar-refractivity contribution in [1.82, 2.24) is 14.1 Å². The molecule has 106 valence electrons. The summed E-state index contributed by atoms with van der Waals surface area (Å²) in [5.74, 6) is 5.95. The van der Waals surface area contributed by atoms with Gasteiger partial charge in [-0.15, -0.1) is 11.3 Å². The Morgan fingerprint density at radius 1 is 1.50 bits per heavy atom. The van der Waals surface area contributed by atoms with Crippen LogP contribution >= 0.6 is 11.3 Å². The van der Waals surface area contributed by atoms with E-state index in [-0.39, 0.29) is 17.4 Å². The number of nitrogens with one attached hydrogen (secondary N) is 2. The number of hydrogen-bond donors (Lipinski definition) is 3. The average molecular weight is 313 g/mol. The number of furan rings is 1.